The predicted octanol–water partition coefficient (Wildman–Crippen LogP) is 5.50. The monoisotopic (exact) mass is 244 g/mol. The van der Waals surface area contributed by atoms with E-state index in [1.54, 1.807) is 5.56 Å². The zero-order valence-corrected chi connectivity index (χ0v) is 12.6. The first-order valence-electron chi connectivity index (χ1n) is 7.49. The van der Waals surface area contributed by atoms with Crippen LogP contribution in [0.25, 0.3) is 0 Å². The third kappa shape index (κ3) is 3.37. The molecule has 0 aliphatic heterocycles. The molecule has 1 aromatic rings. The summed E-state index contributed by atoms with van der Waals surface area (Å²) in [6.07, 6.45) is 8.14. The van der Waals surface area contributed by atoms with E-state index >= 15 is 0 Å². The van der Waals surface area contributed by atoms with Crippen LogP contribution in [0.2, 0.25) is 0 Å². The van der Waals surface area contributed by atoms with Gasteiger partial charge in [-0.25, -0.2) is 0 Å². The summed E-state index contributed by atoms with van der Waals surface area (Å²) in [5, 5.41) is 0. The van der Waals surface area contributed by atoms with Crippen LogP contribution in [0.5, 0.6) is 0 Å². The molecule has 0 nitrogen and oxygen atoms in total. The summed E-state index contributed by atoms with van der Waals surface area (Å²) in [6, 6.07) is 9.37. The SMILES string of the molecule is CC(C)(C)Cc1cccc(C2(C)CCCCC2)c1. The standard InChI is InChI=1S/C18H28/c1-17(2,3)14-15-9-8-10-16(13-15)18(4)11-6-5-7-12-18/h8-10,13H,5-7,11-12,14H2,1-4H3. The molecule has 1 fully saturated rings. The van der Waals surface area contributed by atoms with Crippen molar-refractivity contribution < 1.29 is 0 Å². The van der Waals surface area contributed by atoms with Gasteiger partial charge >= 0.3 is 0 Å². The van der Waals surface area contributed by atoms with E-state index in [1.165, 1.54) is 44.1 Å². The Morgan fingerprint density at radius 1 is 1.06 bits per heavy atom. The lowest BCUT2D eigenvalue weighted by Crippen LogP contribution is -2.25. The summed E-state index contributed by atoms with van der Waals surface area (Å²) < 4.78 is 0. The fourth-order valence-electron chi connectivity index (χ4n) is 3.29. The highest BCUT2D eigenvalue weighted by Gasteiger charge is 2.28. The number of hydrogen-bond acceptors (Lipinski definition) is 0. The Kier molecular flexibility index (Phi) is 3.84. The molecule has 100 valence electrons. The molecule has 18 heavy (non-hydrogen) atoms. The summed E-state index contributed by atoms with van der Waals surface area (Å²) >= 11 is 0. The van der Waals surface area contributed by atoms with Crippen molar-refractivity contribution in [3.05, 3.63) is 35.4 Å². The topological polar surface area (TPSA) is 0 Å². The molecule has 0 saturated heterocycles. The fraction of sp³-hybridized carbons (Fsp3) is 0.667. The van der Waals surface area contributed by atoms with Gasteiger partial charge in [0.05, 0.1) is 0 Å². The average Bonchev–Trinajstić information content (AvgIpc) is 2.28. The van der Waals surface area contributed by atoms with Crippen molar-refractivity contribution in [2.45, 2.75) is 71.6 Å². The maximum atomic E-state index is 2.47. The molecule has 0 heterocycles. The minimum atomic E-state index is 0.381. The molecule has 0 atom stereocenters. The van der Waals surface area contributed by atoms with Gasteiger partial charge in [-0.1, -0.05) is 71.2 Å². The molecule has 0 N–H and O–H groups in total. The van der Waals surface area contributed by atoms with Crippen LogP contribution in [0, 0.1) is 5.41 Å². The van der Waals surface area contributed by atoms with Gasteiger partial charge in [0.2, 0.25) is 0 Å². The first-order valence-corrected chi connectivity index (χ1v) is 7.49. The Bertz CT molecular complexity index is 389. The van der Waals surface area contributed by atoms with E-state index in [0.29, 0.717) is 10.8 Å². The van der Waals surface area contributed by atoms with Crippen LogP contribution < -0.4 is 0 Å². The van der Waals surface area contributed by atoms with Crippen molar-refractivity contribution >= 4 is 0 Å². The Balaban J connectivity index is 2.21. The molecule has 0 amide bonds. The quantitative estimate of drug-likeness (QED) is 0.644. The molecule has 0 radical (unpaired) electrons. The molecule has 1 saturated carbocycles. The van der Waals surface area contributed by atoms with E-state index in [9.17, 15) is 0 Å². The van der Waals surface area contributed by atoms with Gasteiger partial charge in [0.1, 0.15) is 0 Å². The highest BCUT2D eigenvalue weighted by Crippen LogP contribution is 2.39. The van der Waals surface area contributed by atoms with Crippen LogP contribution in [-0.4, -0.2) is 0 Å². The van der Waals surface area contributed by atoms with Crippen molar-refractivity contribution in [2.75, 3.05) is 0 Å². The van der Waals surface area contributed by atoms with Crippen molar-refractivity contribution in [3.8, 4) is 0 Å². The Hall–Kier alpha value is -0.780. The average molecular weight is 244 g/mol. The lowest BCUT2D eigenvalue weighted by Gasteiger charge is -2.34. The zero-order valence-electron chi connectivity index (χ0n) is 12.6. The Morgan fingerprint density at radius 2 is 1.72 bits per heavy atom. The summed E-state index contributed by atoms with van der Waals surface area (Å²) in [5.41, 5.74) is 3.90. The fourth-order valence-corrected chi connectivity index (χ4v) is 3.29. The Labute approximate surface area is 113 Å². The normalized spacial score (nSPS) is 19.8. The van der Waals surface area contributed by atoms with Crippen LogP contribution in [0.15, 0.2) is 24.3 Å². The third-order valence-electron chi connectivity index (χ3n) is 4.32. The molecule has 0 spiro atoms. The van der Waals surface area contributed by atoms with Crippen molar-refractivity contribution in [3.63, 3.8) is 0 Å². The third-order valence-corrected chi connectivity index (χ3v) is 4.32. The molecular formula is C18H28. The van der Waals surface area contributed by atoms with E-state index in [4.69, 9.17) is 0 Å². The molecule has 0 aromatic heterocycles. The first kappa shape index (κ1) is 13.6. The molecule has 1 aliphatic carbocycles. The number of benzene rings is 1. The van der Waals surface area contributed by atoms with E-state index in [0.717, 1.165) is 0 Å². The molecule has 0 unspecified atom stereocenters. The van der Waals surface area contributed by atoms with Crippen molar-refractivity contribution in [1.29, 1.82) is 0 Å². The maximum Gasteiger partial charge on any atom is -0.00751 e. The zero-order chi connectivity index (χ0) is 13.2. The van der Waals surface area contributed by atoms with E-state index < -0.39 is 0 Å². The van der Waals surface area contributed by atoms with Crippen LogP contribution in [0.4, 0.5) is 0 Å². The highest BCUT2D eigenvalue weighted by molar-refractivity contribution is 5.30. The van der Waals surface area contributed by atoms with Gasteiger partial charge in [0, 0.05) is 0 Å². The lowest BCUT2D eigenvalue weighted by atomic mass is 9.70. The predicted molar refractivity (Wildman–Crippen MR) is 80.0 cm³/mol. The van der Waals surface area contributed by atoms with Gasteiger partial charge in [-0.3, -0.25) is 0 Å². The van der Waals surface area contributed by atoms with Crippen LogP contribution in [-0.2, 0) is 11.8 Å². The van der Waals surface area contributed by atoms with Crippen molar-refractivity contribution in [2.24, 2.45) is 5.41 Å². The first-order chi connectivity index (χ1) is 8.39. The minimum Gasteiger partial charge on any atom is -0.0617 e. The van der Waals surface area contributed by atoms with Gasteiger partial charge in [-0.15, -0.1) is 0 Å². The van der Waals surface area contributed by atoms with Gasteiger partial charge in [-0.2, -0.15) is 0 Å². The Morgan fingerprint density at radius 3 is 2.33 bits per heavy atom. The van der Waals surface area contributed by atoms with E-state index in [2.05, 4.69) is 52.0 Å². The highest BCUT2D eigenvalue weighted by atomic mass is 14.3. The van der Waals surface area contributed by atoms with Gasteiger partial charge < -0.3 is 0 Å². The maximum absolute atomic E-state index is 2.47. The molecule has 1 aliphatic rings. The molecule has 2 rings (SSSR count). The van der Waals surface area contributed by atoms with Gasteiger partial charge in [0.25, 0.3) is 0 Å². The van der Waals surface area contributed by atoms with Crippen LogP contribution in [0.1, 0.15) is 70.9 Å². The molecular weight excluding hydrogens is 216 g/mol. The van der Waals surface area contributed by atoms with Gasteiger partial charge in [-0.05, 0) is 41.2 Å². The second-order valence-corrected chi connectivity index (χ2v) is 7.56. The van der Waals surface area contributed by atoms with Crippen molar-refractivity contribution in [1.82, 2.24) is 0 Å². The van der Waals surface area contributed by atoms with E-state index in [-0.39, 0.29) is 0 Å². The summed E-state index contributed by atoms with van der Waals surface area (Å²) in [7, 11) is 0. The number of hydrogen-bond donors (Lipinski definition) is 0. The lowest BCUT2D eigenvalue weighted by molar-refractivity contribution is 0.319. The second kappa shape index (κ2) is 5.07. The summed E-state index contributed by atoms with van der Waals surface area (Å²) in [4.78, 5) is 0. The largest absolute Gasteiger partial charge is 0.0617 e. The summed E-state index contributed by atoms with van der Waals surface area (Å²) in [5.74, 6) is 0. The second-order valence-electron chi connectivity index (χ2n) is 7.56. The number of rotatable bonds is 2. The molecule has 0 heteroatoms. The smallest absolute Gasteiger partial charge is 0.00751 e. The molecule has 0 bridgehead atoms. The minimum absolute atomic E-state index is 0.381. The van der Waals surface area contributed by atoms with Crippen LogP contribution in [0.3, 0.4) is 0 Å². The van der Waals surface area contributed by atoms with Gasteiger partial charge in [0.15, 0.2) is 0 Å². The van der Waals surface area contributed by atoms with Crippen LogP contribution >= 0.6 is 0 Å². The molecule has 1 aromatic carbocycles. The van der Waals surface area contributed by atoms with E-state index in [1.807, 2.05) is 0 Å². The summed E-state index contributed by atoms with van der Waals surface area (Å²) in [6.45, 7) is 9.42.